The van der Waals surface area contributed by atoms with Crippen LogP contribution in [-0.4, -0.2) is 5.11 Å². The molecular formula is C52H50N2OS. The zero-order valence-electron chi connectivity index (χ0n) is 32.5. The molecule has 0 fully saturated rings. The third kappa shape index (κ3) is 7.42. The predicted molar refractivity (Wildman–Crippen MR) is 241 cm³/mol. The molecule has 0 unspecified atom stereocenters. The number of aromatic hydroxyl groups is 1. The predicted octanol–water partition coefficient (Wildman–Crippen LogP) is 15.1. The van der Waals surface area contributed by atoms with Gasteiger partial charge in [-0.05, 0) is 116 Å². The van der Waals surface area contributed by atoms with Crippen molar-refractivity contribution in [2.24, 2.45) is 5.41 Å². The van der Waals surface area contributed by atoms with E-state index < -0.39 is 0 Å². The second-order valence-corrected chi connectivity index (χ2v) is 16.1. The van der Waals surface area contributed by atoms with Crippen LogP contribution >= 0.6 is 11.3 Å². The van der Waals surface area contributed by atoms with Crippen molar-refractivity contribution in [1.82, 2.24) is 0 Å². The van der Waals surface area contributed by atoms with E-state index in [-0.39, 0.29) is 5.41 Å². The molecule has 5 aromatic rings. The van der Waals surface area contributed by atoms with Crippen LogP contribution in [0.15, 0.2) is 187 Å². The van der Waals surface area contributed by atoms with E-state index in [0.717, 1.165) is 81.9 Å². The van der Waals surface area contributed by atoms with Gasteiger partial charge in [0, 0.05) is 45.0 Å². The van der Waals surface area contributed by atoms with Crippen LogP contribution in [0.2, 0.25) is 0 Å². The summed E-state index contributed by atoms with van der Waals surface area (Å²) >= 11 is 1.44. The molecule has 1 atom stereocenters. The molecule has 4 heteroatoms. The number of nitrogens with zero attached hydrogens (tertiary/aromatic N) is 2. The van der Waals surface area contributed by atoms with Crippen molar-refractivity contribution in [3.63, 3.8) is 0 Å². The van der Waals surface area contributed by atoms with Gasteiger partial charge in [-0.15, -0.1) is 0 Å². The first-order valence-corrected chi connectivity index (χ1v) is 20.8. The molecule has 0 spiro atoms. The third-order valence-electron chi connectivity index (χ3n) is 11.3. The van der Waals surface area contributed by atoms with E-state index in [2.05, 4.69) is 175 Å². The van der Waals surface area contributed by atoms with Crippen LogP contribution < -0.4 is 9.80 Å². The SMILES string of the molecule is C=C(/C(=C(\C)N(C1=CCCCC1)c1ccccc1)[C@]1(C)C=CC=CC1)c1ccc(-c2c(O)sc(N(c3ccccc3)c3ccccc3)c2C2=CCCC=C2)cc1. The largest absolute Gasteiger partial charge is 0.499 e. The van der Waals surface area contributed by atoms with Crippen LogP contribution in [0.1, 0.15) is 69.9 Å². The fourth-order valence-electron chi connectivity index (χ4n) is 8.60. The van der Waals surface area contributed by atoms with E-state index in [1.54, 1.807) is 0 Å². The highest BCUT2D eigenvalue weighted by molar-refractivity contribution is 7.19. The Hall–Kier alpha value is -5.84. The minimum atomic E-state index is -0.247. The lowest BCUT2D eigenvalue weighted by Gasteiger charge is -2.38. The van der Waals surface area contributed by atoms with Gasteiger partial charge < -0.3 is 14.9 Å². The monoisotopic (exact) mass is 750 g/mol. The average Bonchev–Trinajstić information content (AvgIpc) is 3.59. The van der Waals surface area contributed by atoms with Crippen LogP contribution in [-0.2, 0) is 0 Å². The summed E-state index contributed by atoms with van der Waals surface area (Å²) in [6, 6.07) is 40.4. The number of hydrogen-bond acceptors (Lipinski definition) is 4. The van der Waals surface area contributed by atoms with Crippen LogP contribution in [0.5, 0.6) is 5.06 Å². The Balaban J connectivity index is 1.25. The molecule has 3 nitrogen and oxygen atoms in total. The zero-order chi connectivity index (χ0) is 38.5. The van der Waals surface area contributed by atoms with Crippen molar-refractivity contribution in [3.8, 4) is 16.2 Å². The molecule has 1 aromatic heterocycles. The van der Waals surface area contributed by atoms with Crippen LogP contribution in [0.3, 0.4) is 0 Å². The van der Waals surface area contributed by atoms with Gasteiger partial charge >= 0.3 is 0 Å². The molecule has 56 heavy (non-hydrogen) atoms. The Kier molecular flexibility index (Phi) is 10.9. The number of thiophene rings is 1. The summed E-state index contributed by atoms with van der Waals surface area (Å²) in [6.45, 7) is 9.48. The van der Waals surface area contributed by atoms with Gasteiger partial charge in [-0.3, -0.25) is 0 Å². The highest BCUT2D eigenvalue weighted by Gasteiger charge is 2.33. The van der Waals surface area contributed by atoms with Gasteiger partial charge in [0.15, 0.2) is 5.06 Å². The van der Waals surface area contributed by atoms with Gasteiger partial charge in [0.1, 0.15) is 5.00 Å². The Labute approximate surface area is 337 Å². The molecule has 0 amide bonds. The molecule has 1 heterocycles. The molecule has 0 saturated heterocycles. The molecule has 3 aliphatic carbocycles. The van der Waals surface area contributed by atoms with E-state index in [0.29, 0.717) is 5.06 Å². The summed E-state index contributed by atoms with van der Waals surface area (Å²) in [5.74, 6) is 0. The number of allylic oxidation sites excluding steroid dienone is 13. The van der Waals surface area contributed by atoms with E-state index in [1.165, 1.54) is 46.8 Å². The Morgan fingerprint density at radius 3 is 1.95 bits per heavy atom. The van der Waals surface area contributed by atoms with E-state index in [4.69, 9.17) is 6.58 Å². The lowest BCUT2D eigenvalue weighted by molar-refractivity contribution is 0.492. The van der Waals surface area contributed by atoms with Crippen molar-refractivity contribution in [3.05, 3.63) is 199 Å². The summed E-state index contributed by atoms with van der Waals surface area (Å²) in [5.41, 5.74) is 12.9. The van der Waals surface area contributed by atoms with E-state index in [1.807, 2.05) is 12.1 Å². The van der Waals surface area contributed by atoms with Gasteiger partial charge in [-0.25, -0.2) is 0 Å². The zero-order valence-corrected chi connectivity index (χ0v) is 33.3. The summed E-state index contributed by atoms with van der Waals surface area (Å²) in [6.07, 6.45) is 25.6. The normalized spacial score (nSPS) is 18.2. The number of rotatable bonds is 11. The molecule has 3 aliphatic rings. The average molecular weight is 751 g/mol. The number of para-hydroxylation sites is 3. The van der Waals surface area contributed by atoms with Gasteiger partial charge in [-0.2, -0.15) is 0 Å². The molecule has 8 rings (SSSR count). The molecule has 280 valence electrons. The first-order valence-electron chi connectivity index (χ1n) is 20.0. The Morgan fingerprint density at radius 1 is 0.714 bits per heavy atom. The summed E-state index contributed by atoms with van der Waals surface area (Å²) in [5, 5.41) is 13.3. The Bertz CT molecular complexity index is 2340. The lowest BCUT2D eigenvalue weighted by Crippen LogP contribution is -2.28. The lowest BCUT2D eigenvalue weighted by atomic mass is 9.71. The minimum absolute atomic E-state index is 0.247. The molecule has 0 bridgehead atoms. The minimum Gasteiger partial charge on any atom is -0.499 e. The van der Waals surface area contributed by atoms with Gasteiger partial charge in [-0.1, -0.05) is 152 Å². The van der Waals surface area contributed by atoms with Crippen LogP contribution in [0.25, 0.3) is 22.3 Å². The second-order valence-electron chi connectivity index (χ2n) is 15.1. The first-order chi connectivity index (χ1) is 27.4. The second kappa shape index (κ2) is 16.5. The highest BCUT2D eigenvalue weighted by atomic mass is 32.1. The van der Waals surface area contributed by atoms with E-state index >= 15 is 0 Å². The number of anilines is 4. The maximum absolute atomic E-state index is 12.0. The van der Waals surface area contributed by atoms with Gasteiger partial charge in [0.05, 0.1) is 0 Å². The molecule has 0 saturated carbocycles. The van der Waals surface area contributed by atoms with Crippen molar-refractivity contribution in [1.29, 1.82) is 0 Å². The molecular weight excluding hydrogens is 701 g/mol. The highest BCUT2D eigenvalue weighted by Crippen LogP contribution is 2.54. The molecule has 0 radical (unpaired) electrons. The molecule has 0 aliphatic heterocycles. The van der Waals surface area contributed by atoms with Crippen LogP contribution in [0.4, 0.5) is 22.1 Å². The summed E-state index contributed by atoms with van der Waals surface area (Å²) in [4.78, 5) is 4.76. The van der Waals surface area contributed by atoms with Gasteiger partial charge in [0.25, 0.3) is 0 Å². The molecule has 1 N–H and O–H groups in total. The number of hydrogen-bond donors (Lipinski definition) is 1. The molecule has 4 aromatic carbocycles. The summed E-state index contributed by atoms with van der Waals surface area (Å²) < 4.78 is 0. The number of benzene rings is 4. The standard InChI is InChI=1S/C52H50N2OS/c1-38(49(52(3)36-20-9-21-37-52)39(2)53(43-24-12-5-13-25-43)44-26-14-6-15-27-44)40-32-34-42(35-33-40)48-47(41-22-10-4-11-23-41)50(56-51(48)55)54(45-28-16-7-17-29-45)46-30-18-8-19-31-46/h5,7-10,12-13,16-26,28-36,55H,1,4,6,11,14-15,27,37H2,2-3H3/b49-39-/t52-/m1/s1. The first kappa shape index (κ1) is 37.1. The fourth-order valence-corrected chi connectivity index (χ4v) is 9.73. The third-order valence-corrected chi connectivity index (χ3v) is 12.3. The van der Waals surface area contributed by atoms with Crippen molar-refractivity contribution in [2.45, 2.75) is 58.8 Å². The van der Waals surface area contributed by atoms with Gasteiger partial charge in [0.2, 0.25) is 0 Å². The Morgan fingerprint density at radius 2 is 1.38 bits per heavy atom. The van der Waals surface area contributed by atoms with Crippen molar-refractivity contribution in [2.75, 3.05) is 9.80 Å². The van der Waals surface area contributed by atoms with E-state index in [9.17, 15) is 5.11 Å². The maximum atomic E-state index is 12.0. The quantitative estimate of drug-likeness (QED) is 0.136. The van der Waals surface area contributed by atoms with Crippen molar-refractivity contribution >= 4 is 44.5 Å². The topological polar surface area (TPSA) is 26.7 Å². The van der Waals surface area contributed by atoms with Crippen LogP contribution in [0, 0.1) is 5.41 Å². The van der Waals surface area contributed by atoms with Crippen molar-refractivity contribution < 1.29 is 5.11 Å². The maximum Gasteiger partial charge on any atom is 0.181 e. The summed E-state index contributed by atoms with van der Waals surface area (Å²) in [7, 11) is 0. The fraction of sp³-hybridized carbons (Fsp3) is 0.192. The smallest absolute Gasteiger partial charge is 0.181 e.